The number of carbonyl (C=O) groups excluding carboxylic acids is 1. The number of hydrogen-bond donors (Lipinski definition) is 1. The van der Waals surface area contributed by atoms with Crippen LogP contribution in [0.25, 0.3) is 10.9 Å². The number of nitrogens with one attached hydrogen (secondary N) is 1. The third kappa shape index (κ3) is 2.30. The number of benzene rings is 3. The van der Waals surface area contributed by atoms with Crippen LogP contribution in [0.5, 0.6) is 0 Å². The second-order valence-corrected chi connectivity index (χ2v) is 7.01. The van der Waals surface area contributed by atoms with E-state index in [-0.39, 0.29) is 17.6 Å². The molecule has 0 spiro atoms. The second-order valence-electron chi connectivity index (χ2n) is 7.01. The van der Waals surface area contributed by atoms with Crippen LogP contribution in [0, 0.1) is 5.92 Å². The molecule has 126 valence electrons. The van der Waals surface area contributed by atoms with Crippen LogP contribution in [0.3, 0.4) is 0 Å². The van der Waals surface area contributed by atoms with E-state index in [1.54, 1.807) is 0 Å². The highest BCUT2D eigenvalue weighted by molar-refractivity contribution is 6.03. The van der Waals surface area contributed by atoms with Gasteiger partial charge in [-0.2, -0.15) is 0 Å². The van der Waals surface area contributed by atoms with Gasteiger partial charge in [0.25, 0.3) is 0 Å². The summed E-state index contributed by atoms with van der Waals surface area (Å²) in [6, 6.07) is 26.8. The van der Waals surface area contributed by atoms with Gasteiger partial charge in [0.15, 0.2) is 5.78 Å². The van der Waals surface area contributed by atoms with Crippen molar-refractivity contribution in [2.75, 3.05) is 0 Å². The topological polar surface area (TPSA) is 32.9 Å². The molecule has 0 aliphatic heterocycles. The molecule has 0 unspecified atom stereocenters. The lowest BCUT2D eigenvalue weighted by Gasteiger charge is -2.23. The Bertz CT molecular complexity index is 1090. The Morgan fingerprint density at radius 1 is 0.846 bits per heavy atom. The van der Waals surface area contributed by atoms with Crippen molar-refractivity contribution in [2.45, 2.75) is 12.3 Å². The molecule has 0 saturated carbocycles. The first-order valence-electron chi connectivity index (χ1n) is 9.06. The summed E-state index contributed by atoms with van der Waals surface area (Å²) < 4.78 is 0. The number of ketones is 1. The van der Waals surface area contributed by atoms with Gasteiger partial charge in [0.1, 0.15) is 0 Å². The minimum Gasteiger partial charge on any atom is -0.361 e. The predicted molar refractivity (Wildman–Crippen MR) is 105 cm³/mol. The van der Waals surface area contributed by atoms with Crippen LogP contribution in [-0.4, -0.2) is 10.8 Å². The zero-order chi connectivity index (χ0) is 17.5. The molecule has 1 aliphatic carbocycles. The molecule has 0 radical (unpaired) electrons. The molecule has 0 saturated heterocycles. The van der Waals surface area contributed by atoms with Gasteiger partial charge in [0.05, 0.1) is 0 Å². The van der Waals surface area contributed by atoms with Crippen molar-refractivity contribution in [1.29, 1.82) is 0 Å². The van der Waals surface area contributed by atoms with Gasteiger partial charge in [0, 0.05) is 34.5 Å². The zero-order valence-electron chi connectivity index (χ0n) is 14.4. The van der Waals surface area contributed by atoms with Crippen LogP contribution in [0.2, 0.25) is 0 Å². The first-order chi connectivity index (χ1) is 12.8. The van der Waals surface area contributed by atoms with Crippen LogP contribution < -0.4 is 0 Å². The number of aromatic nitrogens is 1. The van der Waals surface area contributed by atoms with Gasteiger partial charge < -0.3 is 4.98 Å². The number of H-pyrrole nitrogens is 1. The molecule has 0 bridgehead atoms. The molecule has 1 N–H and O–H groups in total. The Balaban J connectivity index is 1.68. The molecule has 2 nitrogen and oxygen atoms in total. The highest BCUT2D eigenvalue weighted by atomic mass is 16.1. The number of rotatable bonds is 3. The van der Waals surface area contributed by atoms with Crippen molar-refractivity contribution in [3.05, 3.63) is 107 Å². The molecular formula is C24H19NO. The van der Waals surface area contributed by atoms with Crippen molar-refractivity contribution in [1.82, 2.24) is 4.98 Å². The van der Waals surface area contributed by atoms with E-state index in [0.717, 1.165) is 17.5 Å². The summed E-state index contributed by atoms with van der Waals surface area (Å²) in [4.78, 5) is 16.6. The molecule has 4 aromatic rings. The Morgan fingerprint density at radius 3 is 2.42 bits per heavy atom. The molecule has 0 amide bonds. The van der Waals surface area contributed by atoms with Crippen molar-refractivity contribution in [3.8, 4) is 0 Å². The summed E-state index contributed by atoms with van der Waals surface area (Å²) in [5.41, 5.74) is 5.58. The van der Waals surface area contributed by atoms with E-state index in [2.05, 4.69) is 59.7 Å². The lowest BCUT2D eigenvalue weighted by Crippen LogP contribution is -2.20. The maximum atomic E-state index is 13.2. The third-order valence-corrected chi connectivity index (χ3v) is 5.58. The molecule has 5 rings (SSSR count). The average Bonchev–Trinajstić information content (AvgIpc) is 3.26. The first kappa shape index (κ1) is 15.2. The van der Waals surface area contributed by atoms with Crippen LogP contribution in [0.1, 0.15) is 33.0 Å². The van der Waals surface area contributed by atoms with Gasteiger partial charge >= 0.3 is 0 Å². The number of Topliss-reactive ketones (excluding diaryl/α,β-unsaturated/α-hetero) is 1. The largest absolute Gasteiger partial charge is 0.361 e. The minimum atomic E-state index is -0.0611. The molecular weight excluding hydrogens is 318 g/mol. The molecule has 1 heterocycles. The van der Waals surface area contributed by atoms with Gasteiger partial charge in [-0.3, -0.25) is 4.79 Å². The van der Waals surface area contributed by atoms with Gasteiger partial charge in [-0.25, -0.2) is 0 Å². The standard InChI is InChI=1S/C24H19NO/c26-24-18-11-5-4-10-17(18)14-20(24)23(16-8-2-1-3-9-16)21-15-25-22-13-7-6-12-19(21)22/h1-13,15,20,23,25H,14H2/t20-,23+/m1/s1. The Labute approximate surface area is 152 Å². The maximum absolute atomic E-state index is 13.2. The van der Waals surface area contributed by atoms with E-state index in [0.29, 0.717) is 0 Å². The zero-order valence-corrected chi connectivity index (χ0v) is 14.4. The summed E-state index contributed by atoms with van der Waals surface area (Å²) in [7, 11) is 0. The summed E-state index contributed by atoms with van der Waals surface area (Å²) in [5.74, 6) is 0.251. The third-order valence-electron chi connectivity index (χ3n) is 5.58. The Morgan fingerprint density at radius 2 is 1.58 bits per heavy atom. The summed E-state index contributed by atoms with van der Waals surface area (Å²) in [6.07, 6.45) is 2.88. The lowest BCUT2D eigenvalue weighted by atomic mass is 9.78. The number of fused-ring (bicyclic) bond motifs is 2. The fourth-order valence-corrected chi connectivity index (χ4v) is 4.38. The molecule has 2 atom stereocenters. The van der Waals surface area contributed by atoms with Crippen molar-refractivity contribution in [3.63, 3.8) is 0 Å². The molecule has 3 aromatic carbocycles. The second kappa shape index (κ2) is 5.99. The Hall–Kier alpha value is -3.13. The fraction of sp³-hybridized carbons (Fsp3) is 0.125. The number of hydrogen-bond acceptors (Lipinski definition) is 1. The van der Waals surface area contributed by atoms with Crippen LogP contribution in [0.15, 0.2) is 85.1 Å². The van der Waals surface area contributed by atoms with Crippen LogP contribution in [0.4, 0.5) is 0 Å². The smallest absolute Gasteiger partial charge is 0.167 e. The van der Waals surface area contributed by atoms with E-state index in [9.17, 15) is 4.79 Å². The van der Waals surface area contributed by atoms with E-state index < -0.39 is 0 Å². The van der Waals surface area contributed by atoms with E-state index in [4.69, 9.17) is 0 Å². The maximum Gasteiger partial charge on any atom is 0.167 e. The highest BCUT2D eigenvalue weighted by Crippen LogP contribution is 2.42. The predicted octanol–water partition coefficient (Wildman–Crippen LogP) is 5.36. The van der Waals surface area contributed by atoms with E-state index in [1.165, 1.54) is 22.1 Å². The number of carbonyl (C=O) groups is 1. The van der Waals surface area contributed by atoms with Crippen LogP contribution >= 0.6 is 0 Å². The van der Waals surface area contributed by atoms with Crippen LogP contribution in [-0.2, 0) is 6.42 Å². The number of aromatic amines is 1. The van der Waals surface area contributed by atoms with Gasteiger partial charge in [-0.15, -0.1) is 0 Å². The van der Waals surface area contributed by atoms with E-state index >= 15 is 0 Å². The van der Waals surface area contributed by atoms with Crippen molar-refractivity contribution in [2.24, 2.45) is 5.92 Å². The SMILES string of the molecule is O=C1c2ccccc2C[C@@H]1[C@H](c1ccccc1)c1c[nH]c2ccccc12. The Kier molecular flexibility index (Phi) is 3.49. The first-order valence-corrected chi connectivity index (χ1v) is 9.06. The molecule has 0 fully saturated rings. The quantitative estimate of drug-likeness (QED) is 0.537. The number of para-hydroxylation sites is 1. The van der Waals surface area contributed by atoms with Gasteiger partial charge in [0.2, 0.25) is 0 Å². The van der Waals surface area contributed by atoms with E-state index in [1.807, 2.05) is 30.3 Å². The molecule has 1 aromatic heterocycles. The normalized spacial score (nSPS) is 17.4. The lowest BCUT2D eigenvalue weighted by molar-refractivity contribution is 0.0926. The van der Waals surface area contributed by atoms with Gasteiger partial charge in [-0.1, -0.05) is 72.8 Å². The van der Waals surface area contributed by atoms with Crippen molar-refractivity contribution >= 4 is 16.7 Å². The fourth-order valence-electron chi connectivity index (χ4n) is 4.38. The summed E-state index contributed by atoms with van der Waals surface area (Å²) >= 11 is 0. The molecule has 1 aliphatic rings. The molecule has 2 heteroatoms. The average molecular weight is 337 g/mol. The van der Waals surface area contributed by atoms with Crippen molar-refractivity contribution < 1.29 is 4.79 Å². The highest BCUT2D eigenvalue weighted by Gasteiger charge is 2.38. The minimum absolute atomic E-state index is 0.0484. The monoisotopic (exact) mass is 337 g/mol. The summed E-state index contributed by atoms with van der Waals surface area (Å²) in [6.45, 7) is 0. The van der Waals surface area contributed by atoms with Gasteiger partial charge in [-0.05, 0) is 29.2 Å². The molecule has 26 heavy (non-hydrogen) atoms. The summed E-state index contributed by atoms with van der Waals surface area (Å²) in [5, 5.41) is 1.20.